The van der Waals surface area contributed by atoms with Gasteiger partial charge in [-0.15, -0.1) is 9.35 Å². The Labute approximate surface area is 118 Å². The van der Waals surface area contributed by atoms with Gasteiger partial charge in [0.05, 0.1) is 0 Å². The predicted molar refractivity (Wildman–Crippen MR) is 71.9 cm³/mol. The SMILES string of the molecule is Cc1c(CS(=O)(=O)F)c(C)c([B-](F)(F)F)c(C)c1N=[N+]=[N-]. The maximum Gasteiger partial charge on any atom is 0.510 e. The third-order valence-corrected chi connectivity index (χ3v) is 3.85. The molecule has 0 radical (unpaired) electrons. The molecule has 0 spiro atoms. The summed E-state index contributed by atoms with van der Waals surface area (Å²) in [7, 11) is -5.02. The second-order valence-corrected chi connectivity index (χ2v) is 5.93. The summed E-state index contributed by atoms with van der Waals surface area (Å²) in [6.45, 7) is -1.98. The third kappa shape index (κ3) is 3.67. The molecule has 0 aromatic heterocycles. The average Bonchev–Trinajstić information content (AvgIpc) is 2.27. The Balaban J connectivity index is 3.89. The minimum absolute atomic E-state index is 0.0211. The van der Waals surface area contributed by atoms with Gasteiger partial charge in [0.15, 0.2) is 0 Å². The molecule has 21 heavy (non-hydrogen) atoms. The van der Waals surface area contributed by atoms with E-state index in [1.807, 2.05) is 0 Å². The van der Waals surface area contributed by atoms with Crippen molar-refractivity contribution in [3.05, 3.63) is 32.7 Å². The van der Waals surface area contributed by atoms with Crippen molar-refractivity contribution in [1.29, 1.82) is 0 Å². The minimum atomic E-state index is -5.47. The molecule has 116 valence electrons. The van der Waals surface area contributed by atoms with Crippen LogP contribution in [0.25, 0.3) is 10.4 Å². The van der Waals surface area contributed by atoms with Crippen molar-refractivity contribution in [2.75, 3.05) is 0 Å². The van der Waals surface area contributed by atoms with Crippen molar-refractivity contribution in [1.82, 2.24) is 0 Å². The molecule has 0 aliphatic carbocycles. The van der Waals surface area contributed by atoms with Gasteiger partial charge in [-0.1, -0.05) is 16.2 Å². The Morgan fingerprint density at radius 3 is 2.05 bits per heavy atom. The fourth-order valence-electron chi connectivity index (χ4n) is 2.35. The summed E-state index contributed by atoms with van der Waals surface area (Å²) in [6.07, 6.45) is 0. The van der Waals surface area contributed by atoms with Gasteiger partial charge in [-0.2, -0.15) is 8.42 Å². The molecule has 5 nitrogen and oxygen atoms in total. The van der Waals surface area contributed by atoms with Crippen LogP contribution in [0.15, 0.2) is 5.11 Å². The molecule has 0 saturated heterocycles. The highest BCUT2D eigenvalue weighted by Gasteiger charge is 2.32. The molecular weight excluding hydrogens is 313 g/mol. The number of hydrogen-bond acceptors (Lipinski definition) is 3. The van der Waals surface area contributed by atoms with Gasteiger partial charge in [0, 0.05) is 10.6 Å². The van der Waals surface area contributed by atoms with Gasteiger partial charge in [-0.3, -0.25) is 0 Å². The van der Waals surface area contributed by atoms with Crippen LogP contribution in [0, 0.1) is 20.8 Å². The lowest BCUT2D eigenvalue weighted by molar-refractivity contribution is 0.499. The molecule has 0 fully saturated rings. The standard InChI is InChI=1S/C10H11BF4N3O2S/c1-5-8(4-21(15,19)20)6(2)10(17-18-16)7(3)9(5)11(12,13)14/h4H2,1-3H3/q-1. The Hall–Kier alpha value is -1.74. The summed E-state index contributed by atoms with van der Waals surface area (Å²) in [6, 6.07) is 0. The molecule has 0 atom stereocenters. The molecule has 0 aliphatic heterocycles. The molecule has 0 heterocycles. The Morgan fingerprint density at radius 2 is 1.67 bits per heavy atom. The molecule has 1 aromatic rings. The first-order valence-electron chi connectivity index (χ1n) is 5.70. The van der Waals surface area contributed by atoms with Crippen LogP contribution in [-0.2, 0) is 16.0 Å². The predicted octanol–water partition coefficient (Wildman–Crippen LogP) is 3.41. The van der Waals surface area contributed by atoms with E-state index in [4.69, 9.17) is 5.53 Å². The summed E-state index contributed by atoms with van der Waals surface area (Å²) in [4.78, 5) is 2.44. The number of azide groups is 1. The second-order valence-electron chi connectivity index (χ2n) is 4.56. The lowest BCUT2D eigenvalue weighted by Crippen LogP contribution is -2.39. The van der Waals surface area contributed by atoms with Crippen LogP contribution in [0.4, 0.5) is 22.5 Å². The van der Waals surface area contributed by atoms with Crippen molar-refractivity contribution in [3.8, 4) is 0 Å². The molecule has 11 heteroatoms. The zero-order valence-corrected chi connectivity index (χ0v) is 12.2. The van der Waals surface area contributed by atoms with E-state index in [-0.39, 0.29) is 27.9 Å². The van der Waals surface area contributed by atoms with E-state index in [9.17, 15) is 25.3 Å². The Morgan fingerprint density at radius 1 is 1.14 bits per heavy atom. The molecule has 0 N–H and O–H groups in total. The summed E-state index contributed by atoms with van der Waals surface area (Å²) in [5, 5.41) is 3.18. The van der Waals surface area contributed by atoms with Crippen molar-refractivity contribution in [2.24, 2.45) is 5.11 Å². The van der Waals surface area contributed by atoms with E-state index in [2.05, 4.69) is 10.0 Å². The average molecular weight is 324 g/mol. The lowest BCUT2D eigenvalue weighted by atomic mass is 9.71. The Kier molecular flexibility index (Phi) is 4.59. The quantitative estimate of drug-likeness (QED) is 0.212. The van der Waals surface area contributed by atoms with Gasteiger partial charge >= 0.3 is 17.2 Å². The van der Waals surface area contributed by atoms with Crippen molar-refractivity contribution < 1.29 is 25.3 Å². The first-order chi connectivity index (χ1) is 9.40. The third-order valence-electron chi connectivity index (χ3n) is 3.21. The first kappa shape index (κ1) is 17.3. The zero-order chi connectivity index (χ0) is 16.6. The smallest absolute Gasteiger partial charge is 0.445 e. The van der Waals surface area contributed by atoms with Crippen LogP contribution in [0.2, 0.25) is 0 Å². The van der Waals surface area contributed by atoms with Crippen LogP contribution in [0.1, 0.15) is 22.3 Å². The number of hydrogen-bond donors (Lipinski definition) is 0. The van der Waals surface area contributed by atoms with E-state index >= 15 is 0 Å². The monoisotopic (exact) mass is 324 g/mol. The highest BCUT2D eigenvalue weighted by molar-refractivity contribution is 7.85. The topological polar surface area (TPSA) is 82.9 Å². The number of rotatable bonds is 4. The van der Waals surface area contributed by atoms with Gasteiger partial charge in [0.2, 0.25) is 0 Å². The molecule has 1 rings (SSSR count). The number of nitrogens with zero attached hydrogens (tertiary/aromatic N) is 3. The van der Waals surface area contributed by atoms with Crippen LogP contribution in [0.3, 0.4) is 0 Å². The van der Waals surface area contributed by atoms with E-state index in [1.54, 1.807) is 0 Å². The Bertz CT molecular complexity index is 740. The summed E-state index contributed by atoms with van der Waals surface area (Å²) < 4.78 is 73.9. The van der Waals surface area contributed by atoms with Crippen LogP contribution in [-0.4, -0.2) is 15.4 Å². The highest BCUT2D eigenvalue weighted by atomic mass is 32.3. The van der Waals surface area contributed by atoms with E-state index < -0.39 is 28.4 Å². The van der Waals surface area contributed by atoms with Crippen molar-refractivity contribution >= 4 is 28.4 Å². The molecule has 0 unspecified atom stereocenters. The lowest BCUT2D eigenvalue weighted by Gasteiger charge is -2.26. The minimum Gasteiger partial charge on any atom is -0.445 e. The maximum atomic E-state index is 13.2. The van der Waals surface area contributed by atoms with Crippen molar-refractivity contribution in [2.45, 2.75) is 26.5 Å². The fraction of sp³-hybridized carbons (Fsp3) is 0.400. The fourth-order valence-corrected chi connectivity index (χ4v) is 3.13. The highest BCUT2D eigenvalue weighted by Crippen LogP contribution is 2.32. The van der Waals surface area contributed by atoms with E-state index in [0.29, 0.717) is 0 Å². The molecule has 1 aromatic carbocycles. The van der Waals surface area contributed by atoms with Crippen molar-refractivity contribution in [3.63, 3.8) is 0 Å². The summed E-state index contributed by atoms with van der Waals surface area (Å²) in [5.41, 5.74) is 6.09. The molecule has 0 aliphatic rings. The zero-order valence-electron chi connectivity index (χ0n) is 11.4. The van der Waals surface area contributed by atoms with E-state index in [0.717, 1.165) is 13.8 Å². The van der Waals surface area contributed by atoms with Crippen LogP contribution < -0.4 is 5.46 Å². The summed E-state index contributed by atoms with van der Waals surface area (Å²) >= 11 is 0. The molecule has 0 bridgehead atoms. The van der Waals surface area contributed by atoms with Gasteiger partial charge in [0.1, 0.15) is 5.75 Å². The van der Waals surface area contributed by atoms with Gasteiger partial charge in [-0.05, 0) is 37.4 Å². The number of benzene rings is 1. The van der Waals surface area contributed by atoms with Gasteiger partial charge in [0.25, 0.3) is 0 Å². The molecular formula is C10H11BF4N3O2S-. The molecule has 0 amide bonds. The first-order valence-corrected chi connectivity index (χ1v) is 7.25. The summed E-state index contributed by atoms with van der Waals surface area (Å²) in [5.74, 6) is -1.20. The second kappa shape index (κ2) is 5.57. The van der Waals surface area contributed by atoms with E-state index in [1.165, 1.54) is 6.92 Å². The largest absolute Gasteiger partial charge is 0.510 e. The van der Waals surface area contributed by atoms with Gasteiger partial charge in [-0.25, -0.2) is 0 Å². The van der Waals surface area contributed by atoms with Crippen LogP contribution in [0.5, 0.6) is 0 Å². The van der Waals surface area contributed by atoms with Gasteiger partial charge < -0.3 is 12.9 Å². The maximum absolute atomic E-state index is 13.2. The number of halogens is 4. The molecule has 0 saturated carbocycles. The van der Waals surface area contributed by atoms with Crippen LogP contribution >= 0.6 is 0 Å². The normalized spacial score (nSPS) is 12.1.